The zero-order chi connectivity index (χ0) is 12.4. The van der Waals surface area contributed by atoms with E-state index in [-0.39, 0.29) is 0 Å². The Morgan fingerprint density at radius 1 is 1.12 bits per heavy atom. The van der Waals surface area contributed by atoms with Gasteiger partial charge in [-0.25, -0.2) is 0 Å². The lowest BCUT2D eigenvalue weighted by Crippen LogP contribution is -2.49. The van der Waals surface area contributed by atoms with Crippen LogP contribution >= 0.6 is 0 Å². The summed E-state index contributed by atoms with van der Waals surface area (Å²) in [6.07, 6.45) is -4.34. The van der Waals surface area contributed by atoms with Crippen LogP contribution in [-0.2, 0) is 15.0 Å². The largest absolute Gasteiger partial charge is 0.416 e. The van der Waals surface area contributed by atoms with Gasteiger partial charge in [-0.2, -0.15) is 13.2 Å². The average molecular weight is 250 g/mol. The number of hydrogen-bond donors (Lipinski definition) is 0. The number of benzene rings is 1. The molecule has 0 heterocycles. The van der Waals surface area contributed by atoms with Crippen molar-refractivity contribution in [1.29, 1.82) is 0 Å². The van der Waals surface area contributed by atoms with Gasteiger partial charge in [-0.1, -0.05) is 18.2 Å². The second kappa shape index (κ2) is 4.56. The molecule has 6 heteroatoms. The minimum absolute atomic E-state index is 0.465. The molecule has 0 N–H and O–H groups in total. The van der Waals surface area contributed by atoms with E-state index in [4.69, 9.17) is 8.85 Å². The molecule has 0 aliphatic carbocycles. The van der Waals surface area contributed by atoms with E-state index in [1.807, 2.05) is 0 Å². The van der Waals surface area contributed by atoms with Crippen molar-refractivity contribution in [2.24, 2.45) is 0 Å². The summed E-state index contributed by atoms with van der Waals surface area (Å²) in [6, 6.07) is 5.07. The quantitative estimate of drug-likeness (QED) is 0.766. The van der Waals surface area contributed by atoms with Gasteiger partial charge in [-0.15, -0.1) is 0 Å². The van der Waals surface area contributed by atoms with Gasteiger partial charge in [-0.05, 0) is 17.8 Å². The Bertz CT molecular complexity index is 361. The molecule has 0 aliphatic rings. The molecule has 0 bridgehead atoms. The van der Waals surface area contributed by atoms with E-state index in [1.165, 1.54) is 20.3 Å². The predicted molar refractivity (Wildman–Crippen MR) is 56.7 cm³/mol. The molecule has 0 aromatic heterocycles. The highest BCUT2D eigenvalue weighted by atomic mass is 28.4. The molecule has 0 saturated carbocycles. The lowest BCUT2D eigenvalue weighted by atomic mass is 10.2. The van der Waals surface area contributed by atoms with Crippen LogP contribution in [0.4, 0.5) is 13.2 Å². The van der Waals surface area contributed by atoms with Crippen molar-refractivity contribution in [3.8, 4) is 0 Å². The van der Waals surface area contributed by atoms with E-state index in [2.05, 4.69) is 0 Å². The molecule has 0 unspecified atom stereocenters. The fourth-order valence-corrected chi connectivity index (χ4v) is 2.75. The SMILES string of the molecule is CO[Si](C)(OC)c1cccc(C(F)(F)F)c1. The molecule has 2 nitrogen and oxygen atoms in total. The van der Waals surface area contributed by atoms with E-state index in [1.54, 1.807) is 12.6 Å². The maximum absolute atomic E-state index is 12.5. The van der Waals surface area contributed by atoms with Crippen LogP contribution in [0.5, 0.6) is 0 Å². The molecule has 1 aromatic rings. The van der Waals surface area contributed by atoms with Crippen LogP contribution in [0.1, 0.15) is 5.56 Å². The van der Waals surface area contributed by atoms with Crippen molar-refractivity contribution in [3.05, 3.63) is 29.8 Å². The molecule has 0 spiro atoms. The highest BCUT2D eigenvalue weighted by Gasteiger charge is 2.36. The molecule has 0 amide bonds. The third kappa shape index (κ3) is 2.63. The van der Waals surface area contributed by atoms with Crippen LogP contribution in [0.15, 0.2) is 24.3 Å². The summed E-state index contributed by atoms with van der Waals surface area (Å²) in [5.74, 6) is 0. The van der Waals surface area contributed by atoms with Gasteiger partial charge in [0.25, 0.3) is 0 Å². The van der Waals surface area contributed by atoms with E-state index in [0.717, 1.165) is 12.1 Å². The lowest BCUT2D eigenvalue weighted by Gasteiger charge is -2.23. The molecule has 0 fully saturated rings. The monoisotopic (exact) mass is 250 g/mol. The van der Waals surface area contributed by atoms with Crippen molar-refractivity contribution >= 4 is 13.7 Å². The Hall–Kier alpha value is -0.853. The second-order valence-corrected chi connectivity index (χ2v) is 6.72. The van der Waals surface area contributed by atoms with Crippen molar-refractivity contribution in [3.63, 3.8) is 0 Å². The van der Waals surface area contributed by atoms with E-state index in [9.17, 15) is 13.2 Å². The van der Waals surface area contributed by atoms with Crippen molar-refractivity contribution in [1.82, 2.24) is 0 Å². The fraction of sp³-hybridized carbons (Fsp3) is 0.400. The maximum Gasteiger partial charge on any atom is 0.416 e. The number of rotatable bonds is 3. The van der Waals surface area contributed by atoms with E-state index in [0.29, 0.717) is 5.19 Å². The molecule has 1 aromatic carbocycles. The van der Waals surface area contributed by atoms with Crippen LogP contribution in [0.2, 0.25) is 6.55 Å². The first-order valence-electron chi connectivity index (χ1n) is 4.61. The van der Waals surface area contributed by atoms with Crippen LogP contribution in [0.25, 0.3) is 0 Å². The Balaban J connectivity index is 3.17. The molecular weight excluding hydrogens is 237 g/mol. The Labute approximate surface area is 93.2 Å². The summed E-state index contributed by atoms with van der Waals surface area (Å²) >= 11 is 0. The summed E-state index contributed by atoms with van der Waals surface area (Å²) in [4.78, 5) is 0. The van der Waals surface area contributed by atoms with Gasteiger partial charge in [0.05, 0.1) is 5.56 Å². The first-order valence-corrected chi connectivity index (χ1v) is 6.93. The zero-order valence-corrected chi connectivity index (χ0v) is 10.3. The van der Waals surface area contributed by atoms with E-state index >= 15 is 0 Å². The van der Waals surface area contributed by atoms with E-state index < -0.39 is 20.3 Å². The third-order valence-electron chi connectivity index (χ3n) is 2.49. The van der Waals surface area contributed by atoms with Crippen LogP contribution in [0, 0.1) is 0 Å². The minimum atomic E-state index is -4.34. The predicted octanol–water partition coefficient (Wildman–Crippen LogP) is 2.28. The number of halogens is 3. The van der Waals surface area contributed by atoms with Crippen molar-refractivity contribution < 1.29 is 22.0 Å². The van der Waals surface area contributed by atoms with Crippen molar-refractivity contribution in [2.45, 2.75) is 12.7 Å². The molecule has 90 valence electrons. The molecule has 16 heavy (non-hydrogen) atoms. The summed E-state index contributed by atoms with van der Waals surface area (Å²) in [7, 11) is 0.197. The molecule has 0 radical (unpaired) electrons. The standard InChI is InChI=1S/C10H13F3O2Si/c1-14-16(3,15-2)9-6-4-5-8(7-9)10(11,12)13/h4-7H,1-3H3. The molecule has 1 rings (SSSR count). The summed E-state index contributed by atoms with van der Waals surface area (Å²) < 4.78 is 47.9. The zero-order valence-electron chi connectivity index (χ0n) is 9.26. The fourth-order valence-electron chi connectivity index (χ4n) is 1.30. The van der Waals surface area contributed by atoms with Gasteiger partial charge in [-0.3, -0.25) is 0 Å². The Morgan fingerprint density at radius 3 is 2.12 bits per heavy atom. The normalized spacial score (nSPS) is 12.9. The first kappa shape index (κ1) is 13.2. The van der Waals surface area contributed by atoms with Crippen LogP contribution < -0.4 is 5.19 Å². The van der Waals surface area contributed by atoms with Gasteiger partial charge >= 0.3 is 14.7 Å². The number of alkyl halides is 3. The van der Waals surface area contributed by atoms with Crippen molar-refractivity contribution in [2.75, 3.05) is 14.2 Å². The Kier molecular flexibility index (Phi) is 3.77. The summed E-state index contributed by atoms with van der Waals surface area (Å²) in [6.45, 7) is 1.70. The molecule has 0 saturated heterocycles. The maximum atomic E-state index is 12.5. The average Bonchev–Trinajstić information content (AvgIpc) is 2.27. The molecular formula is C10H13F3O2Si. The summed E-state index contributed by atoms with van der Waals surface area (Å²) in [5, 5.41) is 0.465. The smallest absolute Gasteiger partial charge is 0.394 e. The molecule has 0 aliphatic heterocycles. The van der Waals surface area contributed by atoms with Gasteiger partial charge < -0.3 is 8.85 Å². The van der Waals surface area contributed by atoms with Gasteiger partial charge in [0.15, 0.2) is 0 Å². The number of hydrogen-bond acceptors (Lipinski definition) is 2. The summed E-state index contributed by atoms with van der Waals surface area (Å²) in [5.41, 5.74) is -0.683. The highest BCUT2D eigenvalue weighted by Crippen LogP contribution is 2.28. The van der Waals surface area contributed by atoms with Crippen LogP contribution in [0.3, 0.4) is 0 Å². The topological polar surface area (TPSA) is 18.5 Å². The minimum Gasteiger partial charge on any atom is -0.394 e. The van der Waals surface area contributed by atoms with Gasteiger partial charge in [0, 0.05) is 14.2 Å². The van der Waals surface area contributed by atoms with Crippen LogP contribution in [-0.4, -0.2) is 22.8 Å². The lowest BCUT2D eigenvalue weighted by molar-refractivity contribution is -0.137. The third-order valence-corrected chi connectivity index (χ3v) is 5.41. The Morgan fingerprint density at radius 2 is 1.69 bits per heavy atom. The second-order valence-electron chi connectivity index (χ2n) is 3.43. The van der Waals surface area contributed by atoms with Gasteiger partial charge in [0.1, 0.15) is 0 Å². The first-order chi connectivity index (χ1) is 7.33. The highest BCUT2D eigenvalue weighted by molar-refractivity contribution is 6.79. The molecule has 0 atom stereocenters. The van der Waals surface area contributed by atoms with Gasteiger partial charge in [0.2, 0.25) is 0 Å².